The molecule has 0 saturated carbocycles. The van der Waals surface area contributed by atoms with Crippen molar-refractivity contribution in [1.29, 1.82) is 0 Å². The van der Waals surface area contributed by atoms with Crippen molar-refractivity contribution in [1.82, 2.24) is 0 Å². The molecule has 0 aliphatic carbocycles. The van der Waals surface area contributed by atoms with Crippen molar-refractivity contribution >= 4 is 0 Å². The van der Waals surface area contributed by atoms with Gasteiger partial charge in [-0.2, -0.15) is 0 Å². The first kappa shape index (κ1) is 7.56. The Morgan fingerprint density at radius 2 is 2.27 bits per heavy atom. The van der Waals surface area contributed by atoms with Crippen LogP contribution in [0, 0.1) is 0 Å². The molecule has 2 heterocycles. The SMILES string of the molecule is CC[C@]12CCC[C@H](O1)[C@H](C)O2. The smallest absolute Gasteiger partial charge is 0.169 e. The lowest BCUT2D eigenvalue weighted by atomic mass is 10.0. The van der Waals surface area contributed by atoms with E-state index in [1.54, 1.807) is 0 Å². The monoisotopic (exact) mass is 156 g/mol. The van der Waals surface area contributed by atoms with E-state index in [4.69, 9.17) is 9.47 Å². The lowest BCUT2D eigenvalue weighted by Crippen LogP contribution is -2.33. The molecule has 2 fully saturated rings. The van der Waals surface area contributed by atoms with Gasteiger partial charge < -0.3 is 9.47 Å². The molecule has 2 bridgehead atoms. The minimum absolute atomic E-state index is 0.192. The number of hydrogen-bond acceptors (Lipinski definition) is 2. The largest absolute Gasteiger partial charge is 0.344 e. The van der Waals surface area contributed by atoms with Crippen LogP contribution in [0.25, 0.3) is 0 Å². The van der Waals surface area contributed by atoms with Gasteiger partial charge in [0.05, 0.1) is 12.2 Å². The number of hydrogen-bond donors (Lipinski definition) is 0. The van der Waals surface area contributed by atoms with Gasteiger partial charge in [0.15, 0.2) is 5.79 Å². The Labute approximate surface area is 67.9 Å². The zero-order valence-electron chi connectivity index (χ0n) is 7.30. The second-order valence-corrected chi connectivity index (χ2v) is 3.64. The average molecular weight is 156 g/mol. The number of fused-ring (bicyclic) bond motifs is 2. The minimum Gasteiger partial charge on any atom is -0.344 e. The Morgan fingerprint density at radius 1 is 1.45 bits per heavy atom. The average Bonchev–Trinajstić information content (AvgIpc) is 2.25. The third-order valence-corrected chi connectivity index (χ3v) is 2.88. The van der Waals surface area contributed by atoms with Crippen LogP contribution in [0.4, 0.5) is 0 Å². The fourth-order valence-electron chi connectivity index (χ4n) is 2.14. The second-order valence-electron chi connectivity index (χ2n) is 3.64. The van der Waals surface area contributed by atoms with E-state index >= 15 is 0 Å². The molecule has 0 aromatic heterocycles. The fourth-order valence-corrected chi connectivity index (χ4v) is 2.14. The molecule has 0 amide bonds. The van der Waals surface area contributed by atoms with Crippen molar-refractivity contribution in [3.63, 3.8) is 0 Å². The predicted molar refractivity (Wildman–Crippen MR) is 42.3 cm³/mol. The molecule has 2 rings (SSSR count). The molecular formula is C9H16O2. The molecule has 0 N–H and O–H groups in total. The first-order valence-electron chi connectivity index (χ1n) is 4.61. The van der Waals surface area contributed by atoms with Crippen molar-refractivity contribution in [2.24, 2.45) is 0 Å². The van der Waals surface area contributed by atoms with Gasteiger partial charge in [0.25, 0.3) is 0 Å². The van der Waals surface area contributed by atoms with E-state index in [9.17, 15) is 0 Å². The van der Waals surface area contributed by atoms with Crippen molar-refractivity contribution < 1.29 is 9.47 Å². The summed E-state index contributed by atoms with van der Waals surface area (Å²) in [7, 11) is 0. The van der Waals surface area contributed by atoms with Gasteiger partial charge in [0, 0.05) is 6.42 Å². The summed E-state index contributed by atoms with van der Waals surface area (Å²) in [5.41, 5.74) is 0. The van der Waals surface area contributed by atoms with Gasteiger partial charge in [-0.1, -0.05) is 6.92 Å². The van der Waals surface area contributed by atoms with Gasteiger partial charge in [-0.25, -0.2) is 0 Å². The van der Waals surface area contributed by atoms with Crippen LogP contribution in [0.1, 0.15) is 39.5 Å². The molecule has 0 spiro atoms. The van der Waals surface area contributed by atoms with Gasteiger partial charge in [-0.05, 0) is 26.2 Å². The van der Waals surface area contributed by atoms with E-state index in [0.29, 0.717) is 12.2 Å². The van der Waals surface area contributed by atoms with Crippen molar-refractivity contribution in [2.75, 3.05) is 0 Å². The highest BCUT2D eigenvalue weighted by atomic mass is 16.8. The van der Waals surface area contributed by atoms with Gasteiger partial charge in [0.1, 0.15) is 0 Å². The summed E-state index contributed by atoms with van der Waals surface area (Å²) < 4.78 is 11.6. The Bertz CT molecular complexity index is 154. The predicted octanol–water partition coefficient (Wildman–Crippen LogP) is 2.08. The van der Waals surface area contributed by atoms with Crippen molar-refractivity contribution in [3.8, 4) is 0 Å². The van der Waals surface area contributed by atoms with Gasteiger partial charge in [-0.15, -0.1) is 0 Å². The molecule has 3 atom stereocenters. The standard InChI is InChI=1S/C9H16O2/c1-3-9-6-4-5-8(11-9)7(2)10-9/h7-8H,3-6H2,1-2H3/t7-,8-,9+/m0/s1. The third kappa shape index (κ3) is 1.09. The van der Waals surface area contributed by atoms with E-state index in [1.165, 1.54) is 12.8 Å². The first-order valence-corrected chi connectivity index (χ1v) is 4.61. The summed E-state index contributed by atoms with van der Waals surface area (Å²) in [5.74, 6) is -0.192. The molecular weight excluding hydrogens is 140 g/mol. The molecule has 0 radical (unpaired) electrons. The molecule has 11 heavy (non-hydrogen) atoms. The lowest BCUT2D eigenvalue weighted by Gasteiger charge is -2.30. The zero-order chi connectivity index (χ0) is 7.90. The van der Waals surface area contributed by atoms with Gasteiger partial charge >= 0.3 is 0 Å². The molecule has 2 saturated heterocycles. The molecule has 2 nitrogen and oxygen atoms in total. The van der Waals surface area contributed by atoms with E-state index in [1.807, 2.05) is 0 Å². The second kappa shape index (κ2) is 2.46. The summed E-state index contributed by atoms with van der Waals surface area (Å²) >= 11 is 0. The molecule has 0 unspecified atom stereocenters. The molecule has 2 heteroatoms. The van der Waals surface area contributed by atoms with Crippen LogP contribution in [0.15, 0.2) is 0 Å². The molecule has 0 aromatic rings. The molecule has 64 valence electrons. The third-order valence-electron chi connectivity index (χ3n) is 2.88. The maximum atomic E-state index is 5.82. The molecule has 2 aliphatic heterocycles. The minimum atomic E-state index is -0.192. The van der Waals surface area contributed by atoms with Gasteiger partial charge in [0.2, 0.25) is 0 Å². The van der Waals surface area contributed by atoms with E-state index in [0.717, 1.165) is 12.8 Å². The fraction of sp³-hybridized carbons (Fsp3) is 1.00. The topological polar surface area (TPSA) is 18.5 Å². The first-order chi connectivity index (χ1) is 5.26. The van der Waals surface area contributed by atoms with Crippen molar-refractivity contribution in [3.05, 3.63) is 0 Å². The lowest BCUT2D eigenvalue weighted by molar-refractivity contribution is -0.193. The highest BCUT2D eigenvalue weighted by Gasteiger charge is 2.46. The highest BCUT2D eigenvalue weighted by molar-refractivity contribution is 4.87. The summed E-state index contributed by atoms with van der Waals surface area (Å²) in [6.45, 7) is 4.26. The normalized spacial score (nSPS) is 49.6. The van der Waals surface area contributed by atoms with E-state index in [2.05, 4.69) is 13.8 Å². The number of ether oxygens (including phenoxy) is 2. The maximum absolute atomic E-state index is 5.82. The van der Waals surface area contributed by atoms with Crippen LogP contribution in [0.3, 0.4) is 0 Å². The van der Waals surface area contributed by atoms with Crippen LogP contribution in [0.5, 0.6) is 0 Å². The molecule has 0 aromatic carbocycles. The van der Waals surface area contributed by atoms with E-state index in [-0.39, 0.29) is 5.79 Å². The van der Waals surface area contributed by atoms with Crippen LogP contribution in [-0.4, -0.2) is 18.0 Å². The Kier molecular flexibility index (Phi) is 1.69. The van der Waals surface area contributed by atoms with Crippen LogP contribution < -0.4 is 0 Å². The van der Waals surface area contributed by atoms with Crippen LogP contribution in [0.2, 0.25) is 0 Å². The summed E-state index contributed by atoms with van der Waals surface area (Å²) in [6.07, 6.45) is 5.23. The van der Waals surface area contributed by atoms with Gasteiger partial charge in [-0.3, -0.25) is 0 Å². The quantitative estimate of drug-likeness (QED) is 0.578. The maximum Gasteiger partial charge on any atom is 0.169 e. The summed E-state index contributed by atoms with van der Waals surface area (Å²) in [4.78, 5) is 0. The zero-order valence-corrected chi connectivity index (χ0v) is 7.30. The Hall–Kier alpha value is -0.0800. The van der Waals surface area contributed by atoms with E-state index < -0.39 is 0 Å². The summed E-state index contributed by atoms with van der Waals surface area (Å²) in [5, 5.41) is 0. The number of rotatable bonds is 1. The van der Waals surface area contributed by atoms with Crippen molar-refractivity contribution in [2.45, 2.75) is 57.5 Å². The highest BCUT2D eigenvalue weighted by Crippen LogP contribution is 2.41. The molecule has 2 aliphatic rings. The Morgan fingerprint density at radius 3 is 2.91 bits per heavy atom. The Balaban J connectivity index is 2.14. The summed E-state index contributed by atoms with van der Waals surface area (Å²) in [6, 6.07) is 0. The van der Waals surface area contributed by atoms with Crippen LogP contribution >= 0.6 is 0 Å². The van der Waals surface area contributed by atoms with Crippen LogP contribution in [-0.2, 0) is 9.47 Å².